The van der Waals surface area contributed by atoms with Crippen LogP contribution in [0.3, 0.4) is 0 Å². The van der Waals surface area contributed by atoms with Crippen LogP contribution in [0.25, 0.3) is 0 Å². The quantitative estimate of drug-likeness (QED) is 0.787. The predicted molar refractivity (Wildman–Crippen MR) is 54.0 cm³/mol. The topological polar surface area (TPSA) is 35.2 Å². The molecule has 0 aliphatic heterocycles. The van der Waals surface area contributed by atoms with Gasteiger partial charge in [-0.3, -0.25) is 0 Å². The van der Waals surface area contributed by atoms with Gasteiger partial charge < -0.3 is 10.5 Å². The molecule has 2 N–H and O–H groups in total. The Kier molecular flexibility index (Phi) is 2.50. The lowest BCUT2D eigenvalue weighted by Gasteiger charge is -2.08. The molecule has 2 nitrogen and oxygen atoms in total. The Labute approximate surface area is 86.8 Å². The molecule has 2 rings (SSSR count). The average molecular weight is 216 g/mol. The molecule has 1 aromatic carbocycles. The first-order valence-corrected chi connectivity index (χ1v) is 4.92. The molecule has 0 aromatic heterocycles. The third kappa shape index (κ3) is 2.10. The summed E-state index contributed by atoms with van der Waals surface area (Å²) in [7, 11) is 0. The number of hydrogen-bond donors (Lipinski definition) is 1. The first-order chi connectivity index (χ1) is 6.66. The molecule has 0 bridgehead atoms. The molecule has 0 radical (unpaired) electrons. The third-order valence-corrected chi connectivity index (χ3v) is 2.51. The van der Waals surface area contributed by atoms with Crippen molar-refractivity contribution in [3.8, 4) is 5.75 Å². The molecule has 76 valence electrons. The van der Waals surface area contributed by atoms with Gasteiger partial charge in [0.05, 0.1) is 17.3 Å². The molecule has 14 heavy (non-hydrogen) atoms. The lowest BCUT2D eigenvalue weighted by Crippen LogP contribution is -2.02. The van der Waals surface area contributed by atoms with E-state index in [-0.39, 0.29) is 5.02 Å². The van der Waals surface area contributed by atoms with Crippen LogP contribution >= 0.6 is 11.6 Å². The minimum Gasteiger partial charge on any atom is -0.491 e. The zero-order valence-electron chi connectivity index (χ0n) is 7.59. The smallest absolute Gasteiger partial charge is 0.144 e. The zero-order valence-corrected chi connectivity index (χ0v) is 8.35. The van der Waals surface area contributed by atoms with E-state index in [0.717, 1.165) is 0 Å². The Balaban J connectivity index is 2.10. The zero-order chi connectivity index (χ0) is 10.1. The van der Waals surface area contributed by atoms with Crippen LogP contribution in [0.4, 0.5) is 10.1 Å². The molecule has 4 heteroatoms. The van der Waals surface area contributed by atoms with Crippen LogP contribution in [0.15, 0.2) is 12.1 Å². The number of rotatable bonds is 3. The summed E-state index contributed by atoms with van der Waals surface area (Å²) < 4.78 is 18.3. The third-order valence-electron chi connectivity index (χ3n) is 2.22. The second kappa shape index (κ2) is 3.65. The van der Waals surface area contributed by atoms with Gasteiger partial charge in [0.15, 0.2) is 0 Å². The molecule has 1 aliphatic carbocycles. The first-order valence-electron chi connectivity index (χ1n) is 4.54. The van der Waals surface area contributed by atoms with E-state index in [1.165, 1.54) is 25.0 Å². The molecule has 0 saturated heterocycles. The highest BCUT2D eigenvalue weighted by Gasteiger charge is 2.22. The van der Waals surface area contributed by atoms with Crippen LogP contribution < -0.4 is 10.5 Å². The predicted octanol–water partition coefficient (Wildman–Crippen LogP) is 2.85. The van der Waals surface area contributed by atoms with Gasteiger partial charge in [0.2, 0.25) is 0 Å². The van der Waals surface area contributed by atoms with E-state index in [1.807, 2.05) is 0 Å². The van der Waals surface area contributed by atoms with Crippen molar-refractivity contribution in [1.29, 1.82) is 0 Å². The summed E-state index contributed by atoms with van der Waals surface area (Å²) in [6, 6.07) is 2.61. The van der Waals surface area contributed by atoms with E-state index in [4.69, 9.17) is 22.1 Å². The van der Waals surface area contributed by atoms with Gasteiger partial charge in [0, 0.05) is 12.1 Å². The van der Waals surface area contributed by atoms with E-state index in [9.17, 15) is 4.39 Å². The maximum absolute atomic E-state index is 12.9. The summed E-state index contributed by atoms with van der Waals surface area (Å²) in [5, 5.41) is 0.0463. The second-order valence-electron chi connectivity index (χ2n) is 3.56. The number of hydrogen-bond acceptors (Lipinski definition) is 2. The van der Waals surface area contributed by atoms with Crippen LogP contribution in [-0.2, 0) is 0 Å². The highest BCUT2D eigenvalue weighted by atomic mass is 35.5. The Hall–Kier alpha value is -0.960. The molecular formula is C10H11ClFNO. The number of nitrogens with two attached hydrogens (primary N) is 1. The first kappa shape index (κ1) is 9.59. The van der Waals surface area contributed by atoms with Crippen LogP contribution in [0, 0.1) is 11.7 Å². The van der Waals surface area contributed by atoms with E-state index in [0.29, 0.717) is 24.0 Å². The summed E-state index contributed by atoms with van der Waals surface area (Å²) >= 11 is 5.61. The SMILES string of the molecule is Nc1cc(F)c(Cl)cc1OCC1CC1. The maximum atomic E-state index is 12.9. The fraction of sp³-hybridized carbons (Fsp3) is 0.400. The fourth-order valence-electron chi connectivity index (χ4n) is 1.16. The van der Waals surface area contributed by atoms with Crippen molar-refractivity contribution in [3.63, 3.8) is 0 Å². The number of anilines is 1. The molecule has 0 atom stereocenters. The Morgan fingerprint density at radius 1 is 1.50 bits per heavy atom. The number of nitrogen functional groups attached to an aromatic ring is 1. The van der Waals surface area contributed by atoms with Gasteiger partial charge in [0.1, 0.15) is 11.6 Å². The molecule has 0 unspecified atom stereocenters. The monoisotopic (exact) mass is 215 g/mol. The van der Waals surface area contributed by atoms with Gasteiger partial charge >= 0.3 is 0 Å². The molecule has 1 fully saturated rings. The molecule has 0 amide bonds. The Morgan fingerprint density at radius 3 is 2.86 bits per heavy atom. The van der Waals surface area contributed by atoms with Crippen molar-refractivity contribution in [2.24, 2.45) is 5.92 Å². The van der Waals surface area contributed by atoms with Gasteiger partial charge in [-0.05, 0) is 18.8 Å². The van der Waals surface area contributed by atoms with Crippen molar-refractivity contribution in [2.75, 3.05) is 12.3 Å². The lowest BCUT2D eigenvalue weighted by atomic mass is 10.3. The summed E-state index contributed by atoms with van der Waals surface area (Å²) in [6.07, 6.45) is 2.41. The number of ether oxygens (including phenoxy) is 1. The largest absolute Gasteiger partial charge is 0.491 e. The van der Waals surface area contributed by atoms with E-state index in [2.05, 4.69) is 0 Å². The van der Waals surface area contributed by atoms with E-state index in [1.54, 1.807) is 0 Å². The molecular weight excluding hydrogens is 205 g/mol. The summed E-state index contributed by atoms with van der Waals surface area (Å²) in [4.78, 5) is 0. The summed E-state index contributed by atoms with van der Waals surface area (Å²) in [5.74, 6) is 0.601. The average Bonchev–Trinajstić information content (AvgIpc) is 2.92. The van der Waals surface area contributed by atoms with Gasteiger partial charge in [0.25, 0.3) is 0 Å². The number of halogens is 2. The van der Waals surface area contributed by atoms with Gasteiger partial charge in [-0.25, -0.2) is 4.39 Å². The lowest BCUT2D eigenvalue weighted by molar-refractivity contribution is 0.301. The van der Waals surface area contributed by atoms with E-state index >= 15 is 0 Å². The minimum absolute atomic E-state index is 0.0463. The van der Waals surface area contributed by atoms with Crippen molar-refractivity contribution >= 4 is 17.3 Å². The standard InChI is InChI=1S/C10H11ClFNO/c11-7-3-10(9(13)4-8(7)12)14-5-6-1-2-6/h3-4,6H,1-2,5,13H2. The second-order valence-corrected chi connectivity index (χ2v) is 3.97. The summed E-state index contributed by atoms with van der Waals surface area (Å²) in [5.41, 5.74) is 5.87. The Morgan fingerprint density at radius 2 is 2.21 bits per heavy atom. The molecule has 1 aliphatic rings. The highest BCUT2D eigenvalue weighted by molar-refractivity contribution is 6.31. The van der Waals surface area contributed by atoms with Crippen LogP contribution in [0.2, 0.25) is 5.02 Å². The van der Waals surface area contributed by atoms with Gasteiger partial charge in [-0.1, -0.05) is 11.6 Å². The van der Waals surface area contributed by atoms with Crippen molar-refractivity contribution in [2.45, 2.75) is 12.8 Å². The molecule has 1 saturated carbocycles. The van der Waals surface area contributed by atoms with Crippen molar-refractivity contribution in [1.82, 2.24) is 0 Å². The minimum atomic E-state index is -0.511. The maximum Gasteiger partial charge on any atom is 0.144 e. The normalized spacial score (nSPS) is 15.6. The fourth-order valence-corrected chi connectivity index (χ4v) is 1.31. The van der Waals surface area contributed by atoms with Crippen LogP contribution in [0.5, 0.6) is 5.75 Å². The number of benzene rings is 1. The Bertz CT molecular complexity index is 352. The summed E-state index contributed by atoms with van der Waals surface area (Å²) in [6.45, 7) is 0.645. The van der Waals surface area contributed by atoms with Crippen LogP contribution in [0.1, 0.15) is 12.8 Å². The van der Waals surface area contributed by atoms with Gasteiger partial charge in [-0.2, -0.15) is 0 Å². The van der Waals surface area contributed by atoms with Crippen LogP contribution in [-0.4, -0.2) is 6.61 Å². The molecule has 1 aromatic rings. The molecule has 0 spiro atoms. The molecule has 0 heterocycles. The van der Waals surface area contributed by atoms with Crippen molar-refractivity contribution in [3.05, 3.63) is 23.0 Å². The van der Waals surface area contributed by atoms with Crippen molar-refractivity contribution < 1.29 is 9.13 Å². The highest BCUT2D eigenvalue weighted by Crippen LogP contribution is 2.32. The van der Waals surface area contributed by atoms with Gasteiger partial charge in [-0.15, -0.1) is 0 Å². The van der Waals surface area contributed by atoms with E-state index < -0.39 is 5.82 Å².